The summed E-state index contributed by atoms with van der Waals surface area (Å²) >= 11 is -2.06. The predicted molar refractivity (Wildman–Crippen MR) is 126 cm³/mol. The lowest BCUT2D eigenvalue weighted by Crippen LogP contribution is -2.39. The number of rotatable bonds is 7. The average molecular weight is 556 g/mol. The standard InChI is InChI=1S/C23H21F4N5O5S/c1-11-18(20(34)29-14-6-5-7-15(10-14)38(36)32(4)22(35)13(3)33)21(31-30-19(11)23(25,26)27)37-16-8-9-17(24)28-12(16)2/h5-10,13,33H,1-4H3,(H,29,34)/t13-,38+/m0/s1. The maximum atomic E-state index is 13.5. The van der Waals surface area contributed by atoms with E-state index in [1.165, 1.54) is 45.2 Å². The Bertz CT molecular complexity index is 1370. The van der Waals surface area contributed by atoms with Crippen LogP contribution in [0.3, 0.4) is 0 Å². The number of aliphatic hydroxyl groups is 1. The lowest BCUT2D eigenvalue weighted by atomic mass is 10.1. The van der Waals surface area contributed by atoms with Crippen LogP contribution in [0, 0.1) is 19.8 Å². The van der Waals surface area contributed by atoms with E-state index in [9.17, 15) is 36.8 Å². The molecule has 0 fully saturated rings. The van der Waals surface area contributed by atoms with Gasteiger partial charge in [0.05, 0.1) is 12.7 Å². The van der Waals surface area contributed by atoms with Crippen molar-refractivity contribution in [2.45, 2.75) is 37.9 Å². The van der Waals surface area contributed by atoms with Crippen LogP contribution in [0.25, 0.3) is 0 Å². The van der Waals surface area contributed by atoms with Crippen LogP contribution in [0.2, 0.25) is 0 Å². The van der Waals surface area contributed by atoms with Crippen LogP contribution in [0.1, 0.15) is 34.2 Å². The second kappa shape index (κ2) is 11.3. The predicted octanol–water partition coefficient (Wildman–Crippen LogP) is 3.55. The SMILES string of the molecule is Cc1nc(F)ccc1Oc1nnc(C(F)(F)F)c(C)c1C(=O)Nc1cccc([S@@+]([O-])N(C)C(=O)[C@H](C)O)c1. The molecular weight excluding hydrogens is 534 g/mol. The number of amides is 2. The Kier molecular flexibility index (Phi) is 8.54. The van der Waals surface area contributed by atoms with Crippen LogP contribution < -0.4 is 10.1 Å². The van der Waals surface area contributed by atoms with Gasteiger partial charge in [0.15, 0.2) is 16.3 Å². The van der Waals surface area contributed by atoms with Crippen molar-refractivity contribution in [3.05, 3.63) is 64.9 Å². The number of hydrogen-bond donors (Lipinski definition) is 2. The second-order valence-electron chi connectivity index (χ2n) is 7.91. The number of nitrogens with one attached hydrogen (secondary N) is 1. The molecule has 0 radical (unpaired) electrons. The first-order chi connectivity index (χ1) is 17.7. The van der Waals surface area contributed by atoms with Crippen LogP contribution >= 0.6 is 0 Å². The number of nitrogens with zero attached hydrogens (tertiary/aromatic N) is 4. The number of hydrogen-bond acceptors (Lipinski definition) is 8. The molecule has 2 amide bonds. The fourth-order valence-corrected chi connectivity index (χ4v) is 4.27. The van der Waals surface area contributed by atoms with E-state index in [1.54, 1.807) is 0 Å². The maximum absolute atomic E-state index is 13.5. The zero-order chi connectivity index (χ0) is 28.4. The molecule has 2 heterocycles. The Morgan fingerprint density at radius 1 is 1.18 bits per heavy atom. The molecular formula is C23H21F4N5O5S. The first-order valence-corrected chi connectivity index (χ1v) is 11.9. The van der Waals surface area contributed by atoms with Gasteiger partial charge in [-0.3, -0.25) is 9.59 Å². The zero-order valence-electron chi connectivity index (χ0n) is 20.3. The normalized spacial score (nSPS) is 13.0. The molecule has 3 rings (SSSR count). The molecule has 202 valence electrons. The minimum absolute atomic E-state index is 0.0223. The van der Waals surface area contributed by atoms with E-state index in [-0.39, 0.29) is 22.0 Å². The second-order valence-corrected chi connectivity index (χ2v) is 9.43. The lowest BCUT2D eigenvalue weighted by Gasteiger charge is -2.21. The molecule has 10 nitrogen and oxygen atoms in total. The number of pyridine rings is 1. The third-order valence-corrected chi connectivity index (χ3v) is 6.44. The van der Waals surface area contributed by atoms with Crippen molar-refractivity contribution in [1.29, 1.82) is 0 Å². The molecule has 0 saturated heterocycles. The number of benzene rings is 1. The van der Waals surface area contributed by atoms with Crippen LogP contribution in [-0.4, -0.2) is 54.1 Å². The molecule has 0 saturated carbocycles. The summed E-state index contributed by atoms with van der Waals surface area (Å²) in [6, 6.07) is 7.52. The molecule has 0 spiro atoms. The van der Waals surface area contributed by atoms with Crippen molar-refractivity contribution in [3.63, 3.8) is 0 Å². The Balaban J connectivity index is 1.99. The fourth-order valence-electron chi connectivity index (χ4n) is 3.22. The number of ether oxygens (including phenoxy) is 1. The number of carbonyl (C=O) groups is 2. The van der Waals surface area contributed by atoms with Crippen LogP contribution in [0.5, 0.6) is 11.6 Å². The number of alkyl halides is 3. The number of carbonyl (C=O) groups excluding carboxylic acids is 2. The van der Waals surface area contributed by atoms with Gasteiger partial charge in [0.2, 0.25) is 5.95 Å². The van der Waals surface area contributed by atoms with Crippen molar-refractivity contribution in [2.75, 3.05) is 12.4 Å². The number of aromatic nitrogens is 3. The third kappa shape index (κ3) is 6.35. The minimum atomic E-state index is -4.93. The molecule has 0 unspecified atom stereocenters. The molecule has 0 bridgehead atoms. The van der Waals surface area contributed by atoms with Crippen LogP contribution in [0.4, 0.5) is 23.2 Å². The van der Waals surface area contributed by atoms with E-state index in [0.717, 1.165) is 23.4 Å². The van der Waals surface area contributed by atoms with Gasteiger partial charge in [-0.1, -0.05) is 6.07 Å². The highest BCUT2D eigenvalue weighted by molar-refractivity contribution is 7.89. The number of aryl methyl sites for hydroxylation is 1. The van der Waals surface area contributed by atoms with Crippen molar-refractivity contribution >= 4 is 28.9 Å². The van der Waals surface area contributed by atoms with E-state index < -0.39 is 64.1 Å². The summed E-state index contributed by atoms with van der Waals surface area (Å²) in [5.74, 6) is -3.37. The largest absolute Gasteiger partial charge is 0.588 e. The lowest BCUT2D eigenvalue weighted by molar-refractivity contribution is -0.142. The van der Waals surface area contributed by atoms with Gasteiger partial charge in [-0.05, 0) is 50.6 Å². The average Bonchev–Trinajstić information content (AvgIpc) is 2.83. The van der Waals surface area contributed by atoms with Crippen LogP contribution in [0.15, 0.2) is 41.3 Å². The first-order valence-electron chi connectivity index (χ1n) is 10.7. The summed E-state index contributed by atoms with van der Waals surface area (Å²) in [5, 5.41) is 18.4. The van der Waals surface area contributed by atoms with Gasteiger partial charge < -0.3 is 19.7 Å². The number of aliphatic hydroxyl groups excluding tert-OH is 1. The van der Waals surface area contributed by atoms with E-state index >= 15 is 0 Å². The van der Waals surface area contributed by atoms with Gasteiger partial charge in [0.1, 0.15) is 23.0 Å². The molecule has 0 aliphatic rings. The Morgan fingerprint density at radius 2 is 1.87 bits per heavy atom. The van der Waals surface area contributed by atoms with E-state index in [1.807, 2.05) is 0 Å². The quantitative estimate of drug-likeness (QED) is 0.256. The van der Waals surface area contributed by atoms with E-state index in [0.29, 0.717) is 0 Å². The molecule has 3 aromatic rings. The highest BCUT2D eigenvalue weighted by atomic mass is 32.2. The fraction of sp³-hybridized carbons (Fsp3) is 0.261. The topological polar surface area (TPSA) is 141 Å². The van der Waals surface area contributed by atoms with E-state index in [4.69, 9.17) is 4.74 Å². The molecule has 15 heteroatoms. The van der Waals surface area contributed by atoms with Crippen molar-refractivity contribution in [3.8, 4) is 11.6 Å². The Hall–Kier alpha value is -3.82. The van der Waals surface area contributed by atoms with Gasteiger partial charge >= 0.3 is 6.18 Å². The highest BCUT2D eigenvalue weighted by Crippen LogP contribution is 2.35. The molecule has 38 heavy (non-hydrogen) atoms. The van der Waals surface area contributed by atoms with E-state index in [2.05, 4.69) is 20.5 Å². The number of likely N-dealkylation sites (N-methyl/N-ethyl adjacent to an activating group) is 1. The van der Waals surface area contributed by atoms with Gasteiger partial charge in [-0.15, -0.1) is 10.2 Å². The van der Waals surface area contributed by atoms with Gasteiger partial charge in [0.25, 0.3) is 17.7 Å². The molecule has 0 aliphatic carbocycles. The zero-order valence-corrected chi connectivity index (χ0v) is 21.1. The van der Waals surface area contributed by atoms with Gasteiger partial charge in [0, 0.05) is 11.8 Å². The monoisotopic (exact) mass is 555 g/mol. The summed E-state index contributed by atoms with van der Waals surface area (Å²) in [5.41, 5.74) is -2.55. The van der Waals surface area contributed by atoms with Crippen molar-refractivity contribution in [2.24, 2.45) is 0 Å². The Morgan fingerprint density at radius 3 is 2.47 bits per heavy atom. The van der Waals surface area contributed by atoms with Crippen LogP contribution in [-0.2, 0) is 22.3 Å². The summed E-state index contributed by atoms with van der Waals surface area (Å²) in [7, 11) is 1.21. The number of halogens is 4. The Labute approximate surface area is 217 Å². The maximum Gasteiger partial charge on any atom is 0.435 e. The van der Waals surface area contributed by atoms with Gasteiger partial charge in [-0.2, -0.15) is 21.9 Å². The highest BCUT2D eigenvalue weighted by Gasteiger charge is 2.38. The van der Waals surface area contributed by atoms with Gasteiger partial charge in [-0.25, -0.2) is 4.98 Å². The summed E-state index contributed by atoms with van der Waals surface area (Å²) in [6.45, 7) is 3.60. The third-order valence-electron chi connectivity index (χ3n) is 5.10. The molecule has 2 N–H and O–H groups in total. The summed E-state index contributed by atoms with van der Waals surface area (Å²) in [4.78, 5) is 28.8. The molecule has 1 aromatic carbocycles. The molecule has 2 aromatic heterocycles. The summed E-state index contributed by atoms with van der Waals surface area (Å²) in [6.07, 6.45) is -6.34. The van der Waals surface area contributed by atoms with Crippen molar-refractivity contribution < 1.29 is 41.5 Å². The minimum Gasteiger partial charge on any atom is -0.588 e. The van der Waals surface area contributed by atoms with Crippen molar-refractivity contribution in [1.82, 2.24) is 19.5 Å². The summed E-state index contributed by atoms with van der Waals surface area (Å²) < 4.78 is 72.9. The smallest absolute Gasteiger partial charge is 0.435 e. The molecule has 2 atom stereocenters. The molecule has 0 aliphatic heterocycles. The number of anilines is 1. The first kappa shape index (κ1) is 28.7.